The monoisotopic (exact) mass is 470 g/mol. The van der Waals surface area contributed by atoms with Crippen molar-refractivity contribution in [3.05, 3.63) is 29.3 Å². The maximum Gasteiger partial charge on any atom is 0.264 e. The number of imide groups is 2. The van der Waals surface area contributed by atoms with Crippen molar-refractivity contribution in [1.82, 2.24) is 10.2 Å². The second-order valence-electron chi connectivity index (χ2n) is 9.00. The van der Waals surface area contributed by atoms with Gasteiger partial charge in [0.25, 0.3) is 11.8 Å². The zero-order valence-corrected chi connectivity index (χ0v) is 19.6. The van der Waals surface area contributed by atoms with E-state index in [1.54, 1.807) is 18.2 Å². The van der Waals surface area contributed by atoms with Crippen molar-refractivity contribution in [2.75, 3.05) is 11.9 Å². The summed E-state index contributed by atoms with van der Waals surface area (Å²) in [5.41, 5.74) is 6.32. The molecule has 1 saturated heterocycles. The van der Waals surface area contributed by atoms with Crippen molar-refractivity contribution in [2.45, 2.75) is 83.1 Å². The lowest BCUT2D eigenvalue weighted by Crippen LogP contribution is -2.54. The number of unbranched alkanes of at least 4 members (excludes halogenated alkanes) is 8. The molecule has 3 rings (SSSR count). The average Bonchev–Trinajstić information content (AvgIpc) is 3.05. The smallest absolute Gasteiger partial charge is 0.264 e. The number of carbonyl (C=O) groups excluding carboxylic acids is 5. The van der Waals surface area contributed by atoms with Crippen molar-refractivity contribution in [3.8, 4) is 0 Å². The van der Waals surface area contributed by atoms with Crippen molar-refractivity contribution in [1.29, 1.82) is 0 Å². The van der Waals surface area contributed by atoms with Gasteiger partial charge in [-0.2, -0.15) is 0 Å². The van der Waals surface area contributed by atoms with Crippen LogP contribution in [0.1, 0.15) is 97.8 Å². The number of nitrogens with zero attached hydrogens (tertiary/aromatic N) is 1. The molecule has 0 spiro atoms. The number of primary amides is 1. The van der Waals surface area contributed by atoms with Crippen LogP contribution < -0.4 is 16.4 Å². The molecule has 2 aliphatic rings. The van der Waals surface area contributed by atoms with E-state index in [4.69, 9.17) is 5.73 Å². The number of carbonyl (C=O) groups is 5. The number of benzene rings is 1. The van der Waals surface area contributed by atoms with Gasteiger partial charge in [0, 0.05) is 25.1 Å². The van der Waals surface area contributed by atoms with Gasteiger partial charge in [-0.25, -0.2) is 0 Å². The topological polar surface area (TPSA) is 139 Å². The second kappa shape index (κ2) is 12.3. The molecule has 9 nitrogen and oxygen atoms in total. The van der Waals surface area contributed by atoms with E-state index in [0.29, 0.717) is 24.2 Å². The SMILES string of the molecule is NC(=O)CCCCCCCCCCCNc1cccc2c1C(=O)N(C1CCC(=O)NC1=O)C2=O. The number of hydrogen-bond acceptors (Lipinski definition) is 6. The summed E-state index contributed by atoms with van der Waals surface area (Å²) in [5, 5.41) is 5.49. The Hall–Kier alpha value is -3.23. The fraction of sp³-hybridized carbons (Fsp3) is 0.560. The van der Waals surface area contributed by atoms with Crippen LogP contribution in [0.5, 0.6) is 0 Å². The first-order valence-electron chi connectivity index (χ1n) is 12.3. The summed E-state index contributed by atoms with van der Waals surface area (Å²) in [6.07, 6.45) is 10.5. The minimum absolute atomic E-state index is 0.101. The van der Waals surface area contributed by atoms with Crippen molar-refractivity contribution in [3.63, 3.8) is 0 Å². The molecule has 0 aromatic heterocycles. The summed E-state index contributed by atoms with van der Waals surface area (Å²) >= 11 is 0. The van der Waals surface area contributed by atoms with E-state index in [1.807, 2.05) is 0 Å². The Balaban J connectivity index is 1.40. The zero-order chi connectivity index (χ0) is 24.5. The van der Waals surface area contributed by atoms with E-state index in [9.17, 15) is 24.0 Å². The van der Waals surface area contributed by atoms with Crippen LogP contribution in [0.25, 0.3) is 0 Å². The highest BCUT2D eigenvalue weighted by Gasteiger charge is 2.45. The van der Waals surface area contributed by atoms with Crippen molar-refractivity contribution < 1.29 is 24.0 Å². The molecule has 1 fully saturated rings. The maximum absolute atomic E-state index is 13.1. The first-order valence-corrected chi connectivity index (χ1v) is 12.3. The molecule has 1 aromatic rings. The second-order valence-corrected chi connectivity index (χ2v) is 9.00. The third-order valence-corrected chi connectivity index (χ3v) is 6.38. The van der Waals surface area contributed by atoms with Crippen LogP contribution in [0, 0.1) is 0 Å². The molecule has 184 valence electrons. The lowest BCUT2D eigenvalue weighted by atomic mass is 10.0. The minimum Gasteiger partial charge on any atom is -0.384 e. The van der Waals surface area contributed by atoms with Gasteiger partial charge in [0.2, 0.25) is 17.7 Å². The van der Waals surface area contributed by atoms with Gasteiger partial charge < -0.3 is 11.1 Å². The summed E-state index contributed by atoms with van der Waals surface area (Å²) in [4.78, 5) is 61.3. The Morgan fingerprint density at radius 1 is 0.941 bits per heavy atom. The molecule has 9 heteroatoms. The summed E-state index contributed by atoms with van der Waals surface area (Å²) in [5.74, 6) is -2.20. The highest BCUT2D eigenvalue weighted by Crippen LogP contribution is 2.32. The molecular weight excluding hydrogens is 436 g/mol. The average molecular weight is 471 g/mol. The van der Waals surface area contributed by atoms with Gasteiger partial charge in [-0.15, -0.1) is 0 Å². The molecule has 1 atom stereocenters. The van der Waals surface area contributed by atoms with E-state index < -0.39 is 23.8 Å². The number of piperidine rings is 1. The fourth-order valence-electron chi connectivity index (χ4n) is 4.55. The molecule has 2 heterocycles. The van der Waals surface area contributed by atoms with Gasteiger partial charge in [-0.05, 0) is 31.4 Å². The van der Waals surface area contributed by atoms with Gasteiger partial charge in [0.05, 0.1) is 11.1 Å². The number of nitrogens with two attached hydrogens (primary N) is 1. The van der Waals surface area contributed by atoms with E-state index >= 15 is 0 Å². The number of fused-ring (bicyclic) bond motifs is 1. The molecule has 0 radical (unpaired) electrons. The number of anilines is 1. The molecule has 5 amide bonds. The van der Waals surface area contributed by atoms with E-state index in [2.05, 4.69) is 10.6 Å². The highest BCUT2D eigenvalue weighted by molar-refractivity contribution is 6.25. The van der Waals surface area contributed by atoms with E-state index in [1.165, 1.54) is 19.3 Å². The van der Waals surface area contributed by atoms with E-state index in [-0.39, 0.29) is 30.2 Å². The third kappa shape index (κ3) is 6.42. The number of amides is 5. The summed E-state index contributed by atoms with van der Waals surface area (Å²) in [7, 11) is 0. The third-order valence-electron chi connectivity index (χ3n) is 6.38. The van der Waals surface area contributed by atoms with Crippen LogP contribution in [0.2, 0.25) is 0 Å². The first kappa shape index (κ1) is 25.4. The highest BCUT2D eigenvalue weighted by atomic mass is 16.2. The first-order chi connectivity index (χ1) is 16.4. The molecule has 1 unspecified atom stereocenters. The zero-order valence-electron chi connectivity index (χ0n) is 19.6. The van der Waals surface area contributed by atoms with Crippen LogP contribution in [-0.4, -0.2) is 47.0 Å². The van der Waals surface area contributed by atoms with Crippen LogP contribution >= 0.6 is 0 Å². The number of hydrogen-bond donors (Lipinski definition) is 3. The summed E-state index contributed by atoms with van der Waals surface area (Å²) in [6.45, 7) is 0.684. The van der Waals surface area contributed by atoms with Gasteiger partial charge in [-0.3, -0.25) is 34.2 Å². The lowest BCUT2D eigenvalue weighted by molar-refractivity contribution is -0.136. The van der Waals surface area contributed by atoms with Gasteiger partial charge in [-0.1, -0.05) is 51.0 Å². The Morgan fingerprint density at radius 3 is 2.24 bits per heavy atom. The van der Waals surface area contributed by atoms with Crippen molar-refractivity contribution in [2.24, 2.45) is 5.73 Å². The Labute approximate surface area is 199 Å². The largest absolute Gasteiger partial charge is 0.384 e. The van der Waals surface area contributed by atoms with Crippen LogP contribution in [0.3, 0.4) is 0 Å². The minimum atomic E-state index is -0.957. The van der Waals surface area contributed by atoms with Crippen molar-refractivity contribution >= 4 is 35.2 Å². The fourth-order valence-corrected chi connectivity index (χ4v) is 4.55. The molecule has 34 heavy (non-hydrogen) atoms. The molecular formula is C25H34N4O5. The van der Waals surface area contributed by atoms with Crippen LogP contribution in [0.15, 0.2) is 18.2 Å². The molecule has 4 N–H and O–H groups in total. The van der Waals surface area contributed by atoms with Gasteiger partial charge in [0.1, 0.15) is 6.04 Å². The molecule has 0 saturated carbocycles. The van der Waals surface area contributed by atoms with Crippen LogP contribution in [0.4, 0.5) is 5.69 Å². The molecule has 1 aromatic carbocycles. The standard InChI is InChI=1S/C25H34N4O5/c26-20(30)13-8-6-4-2-1-3-5-7-9-16-27-18-12-10-11-17-22(18)25(34)29(24(17)33)19-14-15-21(31)28-23(19)32/h10-12,19,27H,1-9,13-16H2,(H2,26,30)(H,28,31,32). The van der Waals surface area contributed by atoms with Gasteiger partial charge >= 0.3 is 0 Å². The molecule has 0 bridgehead atoms. The lowest BCUT2D eigenvalue weighted by Gasteiger charge is -2.27. The van der Waals surface area contributed by atoms with Crippen LogP contribution in [-0.2, 0) is 14.4 Å². The predicted octanol–water partition coefficient (Wildman–Crippen LogP) is 2.89. The number of rotatable bonds is 14. The Kier molecular flexibility index (Phi) is 9.18. The predicted molar refractivity (Wildman–Crippen MR) is 127 cm³/mol. The number of nitrogens with one attached hydrogen (secondary N) is 2. The Bertz CT molecular complexity index is 945. The van der Waals surface area contributed by atoms with E-state index in [0.717, 1.165) is 43.4 Å². The quantitative estimate of drug-likeness (QED) is 0.282. The summed E-state index contributed by atoms with van der Waals surface area (Å²) < 4.78 is 0. The normalized spacial score (nSPS) is 17.6. The molecule has 0 aliphatic carbocycles. The Morgan fingerprint density at radius 2 is 1.59 bits per heavy atom. The summed E-state index contributed by atoms with van der Waals surface area (Å²) in [6, 6.07) is 4.14. The molecule has 2 aliphatic heterocycles. The van der Waals surface area contributed by atoms with Gasteiger partial charge in [0.15, 0.2) is 0 Å². The maximum atomic E-state index is 13.1.